The van der Waals surface area contributed by atoms with Gasteiger partial charge in [0.15, 0.2) is 5.79 Å². The van der Waals surface area contributed by atoms with Gasteiger partial charge in [-0.15, -0.1) is 0 Å². The molecule has 7 rings (SSSR count). The van der Waals surface area contributed by atoms with E-state index in [1.54, 1.807) is 0 Å². The summed E-state index contributed by atoms with van der Waals surface area (Å²) in [6.07, 6.45) is 12.3. The third-order valence-electron chi connectivity index (χ3n) is 13.5. The maximum absolute atomic E-state index is 12.8. The van der Waals surface area contributed by atoms with Crippen LogP contribution in [-0.2, 0) is 9.53 Å². The van der Waals surface area contributed by atoms with Crippen molar-refractivity contribution in [3.8, 4) is 0 Å². The highest BCUT2D eigenvalue weighted by atomic mass is 16.6. The summed E-state index contributed by atoms with van der Waals surface area (Å²) >= 11 is 0. The summed E-state index contributed by atoms with van der Waals surface area (Å²) in [7, 11) is 0. The monoisotopic (exact) mass is 470 g/mol. The third-order valence-corrected chi connectivity index (χ3v) is 13.5. The molecule has 2 saturated heterocycles. The summed E-state index contributed by atoms with van der Waals surface area (Å²) in [5, 5.41) is 21.9. The van der Waals surface area contributed by atoms with E-state index < -0.39 is 17.2 Å². The first-order valence-electron chi connectivity index (χ1n) is 14.0. The van der Waals surface area contributed by atoms with Crippen LogP contribution in [0, 0.1) is 50.2 Å². The smallest absolute Gasteiger partial charge is 0.310 e. The molecule has 8 atom stereocenters. The van der Waals surface area contributed by atoms with Crippen molar-refractivity contribution in [3.63, 3.8) is 0 Å². The lowest BCUT2D eigenvalue weighted by atomic mass is 9.32. The molecular weight excluding hydrogens is 424 g/mol. The van der Waals surface area contributed by atoms with E-state index in [-0.39, 0.29) is 33.0 Å². The van der Waals surface area contributed by atoms with E-state index in [1.165, 1.54) is 12.0 Å². The zero-order chi connectivity index (χ0) is 24.6. The number of carboxylic acid groups (broad SMARTS) is 1. The van der Waals surface area contributed by atoms with Crippen molar-refractivity contribution in [2.75, 3.05) is 6.61 Å². The first kappa shape index (κ1) is 23.5. The molecule has 6 fully saturated rings. The van der Waals surface area contributed by atoms with Crippen molar-refractivity contribution in [2.45, 2.75) is 112 Å². The summed E-state index contributed by atoms with van der Waals surface area (Å²) in [5.41, 5.74) is 1.20. The molecule has 34 heavy (non-hydrogen) atoms. The minimum absolute atomic E-state index is 0.0437. The van der Waals surface area contributed by atoms with E-state index in [4.69, 9.17) is 4.74 Å². The Labute approximate surface area is 205 Å². The topological polar surface area (TPSA) is 66.8 Å². The van der Waals surface area contributed by atoms with Crippen molar-refractivity contribution >= 4 is 5.97 Å². The molecule has 5 aliphatic carbocycles. The molecule has 0 aromatic rings. The number of aliphatic carboxylic acids is 1. The highest BCUT2D eigenvalue weighted by Crippen LogP contribution is 2.77. The van der Waals surface area contributed by atoms with Gasteiger partial charge in [-0.3, -0.25) is 4.79 Å². The van der Waals surface area contributed by atoms with Crippen LogP contribution in [-0.4, -0.2) is 28.6 Å². The Morgan fingerprint density at radius 3 is 2.29 bits per heavy atom. The highest BCUT2D eigenvalue weighted by Gasteiger charge is 2.74. The number of fused-ring (bicyclic) bond motifs is 7. The van der Waals surface area contributed by atoms with Gasteiger partial charge in [-0.25, -0.2) is 0 Å². The molecule has 2 heterocycles. The minimum atomic E-state index is -0.980. The van der Waals surface area contributed by atoms with Gasteiger partial charge in [0.25, 0.3) is 0 Å². The van der Waals surface area contributed by atoms with Crippen LogP contribution in [0.5, 0.6) is 0 Å². The van der Waals surface area contributed by atoms with E-state index in [9.17, 15) is 15.0 Å². The molecule has 0 aromatic carbocycles. The van der Waals surface area contributed by atoms with Gasteiger partial charge in [0, 0.05) is 17.3 Å². The zero-order valence-corrected chi connectivity index (χ0v) is 22.3. The van der Waals surface area contributed by atoms with Crippen LogP contribution in [0.25, 0.3) is 0 Å². The molecule has 7 aliphatic rings. The average molecular weight is 471 g/mol. The first-order valence-corrected chi connectivity index (χ1v) is 14.0. The van der Waals surface area contributed by atoms with E-state index in [0.29, 0.717) is 18.4 Å². The fraction of sp³-hybridized carbons (Fsp3) is 0.900. The van der Waals surface area contributed by atoms with Gasteiger partial charge in [-0.2, -0.15) is 0 Å². The van der Waals surface area contributed by atoms with Crippen LogP contribution < -0.4 is 0 Å². The summed E-state index contributed by atoms with van der Waals surface area (Å²) in [4.78, 5) is 12.8. The molecule has 2 N–H and O–H groups in total. The van der Waals surface area contributed by atoms with Crippen LogP contribution in [0.3, 0.4) is 0 Å². The molecule has 0 unspecified atom stereocenters. The van der Waals surface area contributed by atoms with Gasteiger partial charge in [-0.05, 0) is 91.8 Å². The highest BCUT2D eigenvalue weighted by molar-refractivity contribution is 5.76. The molecule has 1 spiro atoms. The van der Waals surface area contributed by atoms with E-state index >= 15 is 0 Å². The lowest BCUT2D eigenvalue weighted by molar-refractivity contribution is -0.395. The van der Waals surface area contributed by atoms with Gasteiger partial charge >= 0.3 is 5.97 Å². The van der Waals surface area contributed by atoms with Crippen molar-refractivity contribution < 1.29 is 19.7 Å². The molecular formula is C30H46O4. The van der Waals surface area contributed by atoms with Crippen LogP contribution in [0.4, 0.5) is 0 Å². The summed E-state index contributed by atoms with van der Waals surface area (Å²) < 4.78 is 6.32. The molecule has 4 nitrogen and oxygen atoms in total. The molecule has 4 saturated carbocycles. The zero-order valence-electron chi connectivity index (χ0n) is 22.3. The van der Waals surface area contributed by atoms with E-state index in [1.807, 2.05) is 0 Å². The number of rotatable bonds is 1. The molecule has 0 amide bonds. The standard InChI is InChI=1S/C30H46O4/c1-24(2)11-13-28(23(31)32)14-12-26(5)19(20(28)17-24)7-8-22-27(26,6)10-9-21-25(3,4)30(33)16-15-29(21,22)18-34-30/h7,20-22,33H,8-18H2,1-6H3,(H,31,32)/t20-,21-,22+,26-,27-,28+,29+,30-/m1/s1. The number of carbonyl (C=O) groups is 1. The van der Waals surface area contributed by atoms with Crippen LogP contribution in [0.2, 0.25) is 0 Å². The third kappa shape index (κ3) is 2.46. The molecule has 4 heteroatoms. The van der Waals surface area contributed by atoms with Gasteiger partial charge in [0.2, 0.25) is 0 Å². The molecule has 0 aromatic heterocycles. The van der Waals surface area contributed by atoms with Gasteiger partial charge in [0.1, 0.15) is 0 Å². The van der Waals surface area contributed by atoms with Crippen LogP contribution in [0.1, 0.15) is 106 Å². The molecule has 0 radical (unpaired) electrons. The number of hydrogen-bond acceptors (Lipinski definition) is 3. The van der Waals surface area contributed by atoms with Crippen LogP contribution >= 0.6 is 0 Å². The lowest BCUT2D eigenvalue weighted by Crippen LogP contribution is -2.73. The van der Waals surface area contributed by atoms with Crippen LogP contribution in [0.15, 0.2) is 11.6 Å². The molecule has 2 aliphatic heterocycles. The summed E-state index contributed by atoms with van der Waals surface area (Å²) in [6, 6.07) is 0. The largest absolute Gasteiger partial charge is 0.481 e. The van der Waals surface area contributed by atoms with Gasteiger partial charge in [0.05, 0.1) is 12.0 Å². The first-order chi connectivity index (χ1) is 15.7. The fourth-order valence-electron chi connectivity index (χ4n) is 11.0. The number of allylic oxidation sites excluding steroid dienone is 2. The van der Waals surface area contributed by atoms with Gasteiger partial charge < -0.3 is 14.9 Å². The predicted molar refractivity (Wildman–Crippen MR) is 132 cm³/mol. The Balaban J connectivity index is 1.46. The Morgan fingerprint density at radius 2 is 1.65 bits per heavy atom. The number of carboxylic acids is 1. The maximum atomic E-state index is 12.8. The van der Waals surface area contributed by atoms with E-state index in [2.05, 4.69) is 47.6 Å². The van der Waals surface area contributed by atoms with Crippen molar-refractivity contribution in [3.05, 3.63) is 11.6 Å². The minimum Gasteiger partial charge on any atom is -0.481 e. The average Bonchev–Trinajstić information content (AvgIpc) is 2.75. The molecule has 190 valence electrons. The lowest BCUT2D eigenvalue weighted by Gasteiger charge is -2.74. The van der Waals surface area contributed by atoms with Crippen molar-refractivity contribution in [1.29, 1.82) is 0 Å². The van der Waals surface area contributed by atoms with E-state index in [0.717, 1.165) is 57.8 Å². The second-order valence-electron chi connectivity index (χ2n) is 15.2. The van der Waals surface area contributed by atoms with Gasteiger partial charge in [-0.1, -0.05) is 53.2 Å². The Morgan fingerprint density at radius 1 is 0.941 bits per heavy atom. The summed E-state index contributed by atoms with van der Waals surface area (Å²) in [5.74, 6) is -0.354. The normalized spacial score (nSPS) is 54.7. The predicted octanol–water partition coefficient (Wildman–Crippen LogP) is 6.57. The molecule has 2 bridgehead atoms. The van der Waals surface area contributed by atoms with Crippen molar-refractivity contribution in [2.24, 2.45) is 50.2 Å². The number of aliphatic hydroxyl groups is 1. The van der Waals surface area contributed by atoms with Crippen molar-refractivity contribution in [1.82, 2.24) is 0 Å². The Kier molecular flexibility index (Phi) is 4.51. The summed E-state index contributed by atoms with van der Waals surface area (Å²) in [6.45, 7) is 14.9. The second kappa shape index (κ2) is 6.52. The SMILES string of the molecule is CC1(C)CC[C@]2(C(=O)O)CC[C@]3(C)C(=CC[C@@H]4[C@@]56CC[C@@](O)(OC5)C(C)(C)[C@H]6CC[C@]43C)[C@H]2C1. The Bertz CT molecular complexity index is 953. The number of ether oxygens (including phenoxy) is 1. The Hall–Kier alpha value is -0.870. The quantitative estimate of drug-likeness (QED) is 0.425. The fourth-order valence-corrected chi connectivity index (χ4v) is 11.0. The maximum Gasteiger partial charge on any atom is 0.310 e. The second-order valence-corrected chi connectivity index (χ2v) is 15.2. The number of hydrogen-bond donors (Lipinski definition) is 2.